The number of hydrogen-bond acceptors (Lipinski definition) is 6. The monoisotopic (exact) mass is 373 g/mol. The lowest BCUT2D eigenvalue weighted by Crippen LogP contribution is -2.45. The Bertz CT molecular complexity index is 788. The minimum Gasteiger partial charge on any atom is -0.454 e. The van der Waals surface area contributed by atoms with Gasteiger partial charge in [-0.1, -0.05) is 57.5 Å². The van der Waals surface area contributed by atoms with Crippen LogP contribution in [0.15, 0.2) is 28.8 Å². The number of nitrogens with zero attached hydrogens (tertiary/aromatic N) is 2. The van der Waals surface area contributed by atoms with Gasteiger partial charge in [-0.05, 0) is 25.0 Å². The third-order valence-electron chi connectivity index (χ3n) is 4.00. The summed E-state index contributed by atoms with van der Waals surface area (Å²) in [5, 5.41) is 6.63. The zero-order valence-corrected chi connectivity index (χ0v) is 16.7. The predicted octanol–water partition coefficient (Wildman–Crippen LogP) is 3.17. The molecule has 1 aromatic heterocycles. The van der Waals surface area contributed by atoms with E-state index in [1.807, 2.05) is 53.7 Å². The Hall–Kier alpha value is -2.70. The van der Waals surface area contributed by atoms with Gasteiger partial charge in [0, 0.05) is 11.0 Å². The van der Waals surface area contributed by atoms with Gasteiger partial charge in [0.25, 0.3) is 11.8 Å². The highest BCUT2D eigenvalue weighted by Crippen LogP contribution is 2.18. The minimum absolute atomic E-state index is 0.133. The second kappa shape index (κ2) is 8.33. The molecule has 1 heterocycles. The lowest BCUT2D eigenvalue weighted by atomic mass is 9.96. The van der Waals surface area contributed by atoms with Crippen LogP contribution in [0.5, 0.6) is 0 Å². The van der Waals surface area contributed by atoms with E-state index in [1.165, 1.54) is 0 Å². The van der Waals surface area contributed by atoms with E-state index in [9.17, 15) is 9.59 Å². The van der Waals surface area contributed by atoms with Gasteiger partial charge in [0.05, 0.1) is 0 Å². The van der Waals surface area contributed by atoms with E-state index in [1.54, 1.807) is 12.1 Å². The summed E-state index contributed by atoms with van der Waals surface area (Å²) < 4.78 is 10.4. The maximum atomic E-state index is 12.5. The first-order chi connectivity index (χ1) is 12.6. The zero-order valence-electron chi connectivity index (χ0n) is 16.7. The Labute approximate surface area is 159 Å². The third kappa shape index (κ3) is 5.64. The number of aromatic nitrogens is 2. The molecule has 7 nitrogen and oxygen atoms in total. The first-order valence-corrected chi connectivity index (χ1v) is 8.95. The molecule has 2 aromatic rings. The van der Waals surface area contributed by atoms with Crippen LogP contribution in [0.3, 0.4) is 0 Å². The molecule has 0 saturated heterocycles. The number of carbonyl (C=O) groups excluding carboxylic acids is 2. The van der Waals surface area contributed by atoms with Gasteiger partial charge in [0.1, 0.15) is 6.04 Å². The fourth-order valence-corrected chi connectivity index (χ4v) is 2.27. The fourth-order valence-electron chi connectivity index (χ4n) is 2.27. The molecule has 1 N–H and O–H groups in total. The van der Waals surface area contributed by atoms with Crippen molar-refractivity contribution in [2.45, 2.75) is 59.6 Å². The van der Waals surface area contributed by atoms with Gasteiger partial charge in [-0.2, -0.15) is 4.98 Å². The second-order valence-electron chi connectivity index (χ2n) is 7.93. The summed E-state index contributed by atoms with van der Waals surface area (Å²) in [4.78, 5) is 29.1. The Morgan fingerprint density at radius 3 is 2.33 bits per heavy atom. The highest BCUT2D eigenvalue weighted by molar-refractivity contribution is 5.96. The first kappa shape index (κ1) is 20.6. The molecule has 0 bridgehead atoms. The van der Waals surface area contributed by atoms with Crippen molar-refractivity contribution in [1.29, 1.82) is 0 Å². The molecule has 0 unspecified atom stereocenters. The van der Waals surface area contributed by atoms with Crippen molar-refractivity contribution in [3.8, 4) is 0 Å². The smallest absolute Gasteiger partial charge is 0.329 e. The molecule has 2 rings (SSSR count). The van der Waals surface area contributed by atoms with Crippen molar-refractivity contribution in [3.63, 3.8) is 0 Å². The number of amides is 1. The van der Waals surface area contributed by atoms with E-state index in [2.05, 4.69) is 15.5 Å². The van der Waals surface area contributed by atoms with Crippen LogP contribution in [-0.2, 0) is 21.6 Å². The number of carbonyl (C=O) groups is 2. The Morgan fingerprint density at radius 2 is 1.81 bits per heavy atom. The van der Waals surface area contributed by atoms with Crippen molar-refractivity contribution in [2.75, 3.05) is 0 Å². The standard InChI is InChI=1S/C20H27N3O4/c1-12(2)16(22-17(24)14-9-7-13(3)8-10-14)18(25)26-11-15-21-19(23-27-15)20(4,5)6/h7-10,12,16H,11H2,1-6H3,(H,22,24)/t16-/m0/s1. The molecule has 7 heteroatoms. The van der Waals surface area contributed by atoms with Crippen molar-refractivity contribution < 1.29 is 18.8 Å². The van der Waals surface area contributed by atoms with Crippen molar-refractivity contribution in [3.05, 3.63) is 47.1 Å². The Balaban J connectivity index is 1.99. The van der Waals surface area contributed by atoms with Gasteiger partial charge in [0.15, 0.2) is 12.4 Å². The number of benzene rings is 1. The molecule has 1 atom stereocenters. The number of rotatable bonds is 6. The quantitative estimate of drug-likeness (QED) is 0.782. The van der Waals surface area contributed by atoms with Gasteiger partial charge >= 0.3 is 5.97 Å². The average Bonchev–Trinajstić information content (AvgIpc) is 3.07. The Kier molecular flexibility index (Phi) is 6.36. The van der Waals surface area contributed by atoms with Crippen LogP contribution in [0, 0.1) is 12.8 Å². The summed E-state index contributed by atoms with van der Waals surface area (Å²) >= 11 is 0. The van der Waals surface area contributed by atoms with Crippen LogP contribution in [0.2, 0.25) is 0 Å². The van der Waals surface area contributed by atoms with Gasteiger partial charge in [-0.15, -0.1) is 0 Å². The van der Waals surface area contributed by atoms with Crippen LogP contribution >= 0.6 is 0 Å². The maximum Gasteiger partial charge on any atom is 0.329 e. The first-order valence-electron chi connectivity index (χ1n) is 8.95. The van der Waals surface area contributed by atoms with Gasteiger partial charge in [-0.3, -0.25) is 4.79 Å². The molecule has 1 amide bonds. The van der Waals surface area contributed by atoms with Gasteiger partial charge < -0.3 is 14.6 Å². The van der Waals surface area contributed by atoms with E-state index in [0.717, 1.165) is 5.56 Å². The largest absolute Gasteiger partial charge is 0.454 e. The molecule has 0 fully saturated rings. The molecule has 0 saturated carbocycles. The van der Waals surface area contributed by atoms with Gasteiger partial charge in [-0.25, -0.2) is 4.79 Å². The highest BCUT2D eigenvalue weighted by Gasteiger charge is 2.27. The molecule has 0 spiro atoms. The summed E-state index contributed by atoms with van der Waals surface area (Å²) in [6.07, 6.45) is 0. The van der Waals surface area contributed by atoms with Crippen LogP contribution in [0.1, 0.15) is 62.3 Å². The highest BCUT2D eigenvalue weighted by atomic mass is 16.6. The molecular weight excluding hydrogens is 346 g/mol. The maximum absolute atomic E-state index is 12.5. The van der Waals surface area contributed by atoms with Crippen LogP contribution in [0.25, 0.3) is 0 Å². The molecule has 146 valence electrons. The summed E-state index contributed by atoms with van der Waals surface area (Å²) in [5.74, 6) is -0.235. The lowest BCUT2D eigenvalue weighted by molar-refractivity contribution is -0.149. The van der Waals surface area contributed by atoms with Crippen molar-refractivity contribution in [1.82, 2.24) is 15.5 Å². The molecule has 0 radical (unpaired) electrons. The number of aryl methyl sites for hydroxylation is 1. The zero-order chi connectivity index (χ0) is 20.2. The van der Waals surface area contributed by atoms with E-state index >= 15 is 0 Å². The molecule has 0 aliphatic heterocycles. The van der Waals surface area contributed by atoms with E-state index in [-0.39, 0.29) is 29.7 Å². The van der Waals surface area contributed by atoms with Gasteiger partial charge in [0.2, 0.25) is 0 Å². The average molecular weight is 373 g/mol. The number of ether oxygens (including phenoxy) is 1. The summed E-state index contributed by atoms with van der Waals surface area (Å²) in [6, 6.07) is 6.36. The summed E-state index contributed by atoms with van der Waals surface area (Å²) in [5.41, 5.74) is 1.29. The predicted molar refractivity (Wildman–Crippen MR) is 100 cm³/mol. The lowest BCUT2D eigenvalue weighted by Gasteiger charge is -2.20. The van der Waals surface area contributed by atoms with E-state index in [4.69, 9.17) is 9.26 Å². The number of esters is 1. The summed E-state index contributed by atoms with van der Waals surface area (Å²) in [6.45, 7) is 11.4. The molecular formula is C20H27N3O4. The van der Waals surface area contributed by atoms with Crippen LogP contribution in [-0.4, -0.2) is 28.1 Å². The second-order valence-corrected chi connectivity index (χ2v) is 7.93. The number of hydrogen-bond donors (Lipinski definition) is 1. The normalized spacial score (nSPS) is 12.7. The Morgan fingerprint density at radius 1 is 1.19 bits per heavy atom. The number of nitrogens with one attached hydrogen (secondary N) is 1. The topological polar surface area (TPSA) is 94.3 Å². The SMILES string of the molecule is Cc1ccc(C(=O)N[C@H](C(=O)OCc2nc(C(C)(C)C)no2)C(C)C)cc1. The van der Waals surface area contributed by atoms with E-state index < -0.39 is 12.0 Å². The molecule has 1 aromatic carbocycles. The molecule has 27 heavy (non-hydrogen) atoms. The molecule has 0 aliphatic rings. The van der Waals surface area contributed by atoms with Crippen molar-refractivity contribution >= 4 is 11.9 Å². The molecule has 0 aliphatic carbocycles. The van der Waals surface area contributed by atoms with E-state index in [0.29, 0.717) is 11.4 Å². The van der Waals surface area contributed by atoms with Crippen molar-refractivity contribution in [2.24, 2.45) is 5.92 Å². The summed E-state index contributed by atoms with van der Waals surface area (Å²) in [7, 11) is 0. The van der Waals surface area contributed by atoms with Crippen LogP contribution in [0.4, 0.5) is 0 Å². The third-order valence-corrected chi connectivity index (χ3v) is 4.00. The fraction of sp³-hybridized carbons (Fsp3) is 0.500. The van der Waals surface area contributed by atoms with Crippen LogP contribution < -0.4 is 5.32 Å². The minimum atomic E-state index is -0.774.